The Labute approximate surface area is 151 Å². The minimum atomic E-state index is -0.366. The van der Waals surface area contributed by atoms with Crippen molar-refractivity contribution in [3.8, 4) is 11.3 Å². The highest BCUT2D eigenvalue weighted by molar-refractivity contribution is 6.03. The monoisotopic (exact) mass is 349 g/mol. The molecule has 2 aromatic carbocycles. The number of carbonyl (C=O) groups excluding carboxylic acids is 2. The summed E-state index contributed by atoms with van der Waals surface area (Å²) < 4.78 is 5.24. The fourth-order valence-corrected chi connectivity index (χ4v) is 2.24. The third kappa shape index (κ3) is 4.16. The number of nitrogens with zero attached hydrogens (tertiary/aromatic N) is 1. The fraction of sp³-hybridized carbons (Fsp3) is 0.150. The summed E-state index contributed by atoms with van der Waals surface area (Å²) in [4.78, 5) is 24.0. The summed E-state index contributed by atoms with van der Waals surface area (Å²) in [6, 6.07) is 17.9. The molecule has 0 aliphatic rings. The van der Waals surface area contributed by atoms with Crippen LogP contribution in [0.3, 0.4) is 0 Å². The van der Waals surface area contributed by atoms with Crippen LogP contribution in [0.4, 0.5) is 11.4 Å². The van der Waals surface area contributed by atoms with Gasteiger partial charge in [-0.2, -0.15) is 0 Å². The second-order valence-electron chi connectivity index (χ2n) is 6.12. The maximum absolute atomic E-state index is 12.3. The molecule has 0 radical (unpaired) electrons. The molecule has 0 bridgehead atoms. The smallest absolute Gasteiger partial charge is 0.277 e. The molecule has 3 rings (SSSR count). The molecule has 0 aliphatic carbocycles. The first-order chi connectivity index (χ1) is 12.5. The molecular weight excluding hydrogens is 330 g/mol. The SMILES string of the molecule is CC(C)C(=O)Nc1ccc(NC(=O)c2cc(-c3ccccc3)on2)cc1. The summed E-state index contributed by atoms with van der Waals surface area (Å²) in [6.07, 6.45) is 0. The highest BCUT2D eigenvalue weighted by Gasteiger charge is 2.14. The number of rotatable bonds is 5. The van der Waals surface area contributed by atoms with Crippen molar-refractivity contribution in [3.05, 3.63) is 66.4 Å². The molecule has 6 heteroatoms. The van der Waals surface area contributed by atoms with Crippen molar-refractivity contribution in [2.45, 2.75) is 13.8 Å². The summed E-state index contributed by atoms with van der Waals surface area (Å²) in [7, 11) is 0. The van der Waals surface area contributed by atoms with Gasteiger partial charge in [0.15, 0.2) is 11.5 Å². The van der Waals surface area contributed by atoms with Crippen LogP contribution in [0.1, 0.15) is 24.3 Å². The summed E-state index contributed by atoms with van der Waals surface area (Å²) in [5.74, 6) is 0.00979. The Morgan fingerprint density at radius 2 is 1.54 bits per heavy atom. The molecule has 1 aromatic heterocycles. The zero-order chi connectivity index (χ0) is 18.5. The molecular formula is C20H19N3O3. The van der Waals surface area contributed by atoms with E-state index in [4.69, 9.17) is 4.52 Å². The Hall–Kier alpha value is -3.41. The Balaban J connectivity index is 1.65. The Morgan fingerprint density at radius 1 is 0.923 bits per heavy atom. The zero-order valence-corrected chi connectivity index (χ0v) is 14.5. The van der Waals surface area contributed by atoms with Crippen LogP contribution < -0.4 is 10.6 Å². The molecule has 6 nitrogen and oxygen atoms in total. The quantitative estimate of drug-likeness (QED) is 0.723. The van der Waals surface area contributed by atoms with E-state index in [0.29, 0.717) is 17.1 Å². The fourth-order valence-electron chi connectivity index (χ4n) is 2.24. The zero-order valence-electron chi connectivity index (χ0n) is 14.5. The maximum atomic E-state index is 12.3. The largest absolute Gasteiger partial charge is 0.355 e. The summed E-state index contributed by atoms with van der Waals surface area (Å²) in [6.45, 7) is 3.65. The molecule has 3 aromatic rings. The van der Waals surface area contributed by atoms with E-state index >= 15 is 0 Å². The van der Waals surface area contributed by atoms with E-state index in [-0.39, 0.29) is 23.4 Å². The van der Waals surface area contributed by atoms with E-state index in [1.54, 1.807) is 30.3 Å². The second kappa shape index (κ2) is 7.65. The van der Waals surface area contributed by atoms with E-state index in [1.807, 2.05) is 44.2 Å². The lowest BCUT2D eigenvalue weighted by Crippen LogP contribution is -2.17. The molecule has 0 fully saturated rings. The van der Waals surface area contributed by atoms with E-state index in [9.17, 15) is 9.59 Å². The van der Waals surface area contributed by atoms with Gasteiger partial charge in [0, 0.05) is 28.9 Å². The van der Waals surface area contributed by atoms with Gasteiger partial charge >= 0.3 is 0 Å². The van der Waals surface area contributed by atoms with Gasteiger partial charge in [0.1, 0.15) is 0 Å². The molecule has 0 unspecified atom stereocenters. The van der Waals surface area contributed by atoms with Gasteiger partial charge < -0.3 is 15.2 Å². The molecule has 26 heavy (non-hydrogen) atoms. The number of carbonyl (C=O) groups is 2. The van der Waals surface area contributed by atoms with Crippen LogP contribution in [0.5, 0.6) is 0 Å². The van der Waals surface area contributed by atoms with Crippen LogP contribution in [0.15, 0.2) is 65.2 Å². The number of nitrogens with one attached hydrogen (secondary N) is 2. The normalized spacial score (nSPS) is 10.6. The first-order valence-electron chi connectivity index (χ1n) is 8.27. The van der Waals surface area contributed by atoms with Gasteiger partial charge in [0.2, 0.25) is 5.91 Å². The number of anilines is 2. The number of aromatic nitrogens is 1. The van der Waals surface area contributed by atoms with Crippen LogP contribution in [0.2, 0.25) is 0 Å². The molecule has 0 saturated heterocycles. The van der Waals surface area contributed by atoms with E-state index < -0.39 is 0 Å². The molecule has 1 heterocycles. The third-order valence-electron chi connectivity index (χ3n) is 3.74. The predicted octanol–water partition coefficient (Wildman–Crippen LogP) is 4.19. The first-order valence-corrected chi connectivity index (χ1v) is 8.27. The lowest BCUT2D eigenvalue weighted by molar-refractivity contribution is -0.118. The summed E-state index contributed by atoms with van der Waals surface area (Å²) in [5.41, 5.74) is 2.32. The average Bonchev–Trinajstić information content (AvgIpc) is 3.14. The van der Waals surface area contributed by atoms with Crippen molar-refractivity contribution in [2.24, 2.45) is 5.92 Å². The highest BCUT2D eigenvalue weighted by Crippen LogP contribution is 2.21. The Kier molecular flexibility index (Phi) is 5.12. The second-order valence-corrected chi connectivity index (χ2v) is 6.12. The van der Waals surface area contributed by atoms with Gasteiger partial charge in [-0.15, -0.1) is 0 Å². The average molecular weight is 349 g/mol. The Morgan fingerprint density at radius 3 is 2.15 bits per heavy atom. The van der Waals surface area contributed by atoms with Crippen LogP contribution in [0, 0.1) is 5.92 Å². The lowest BCUT2D eigenvalue weighted by atomic mass is 10.1. The summed E-state index contributed by atoms with van der Waals surface area (Å²) >= 11 is 0. The van der Waals surface area contributed by atoms with Crippen molar-refractivity contribution in [1.82, 2.24) is 5.16 Å². The minimum absolute atomic E-state index is 0.0576. The van der Waals surface area contributed by atoms with Crippen molar-refractivity contribution in [2.75, 3.05) is 10.6 Å². The number of hydrogen-bond acceptors (Lipinski definition) is 4. The molecule has 0 spiro atoms. The van der Waals surface area contributed by atoms with Gasteiger partial charge in [0.25, 0.3) is 5.91 Å². The van der Waals surface area contributed by atoms with Gasteiger partial charge in [0.05, 0.1) is 0 Å². The van der Waals surface area contributed by atoms with Crippen LogP contribution in [0.25, 0.3) is 11.3 Å². The molecule has 2 amide bonds. The summed E-state index contributed by atoms with van der Waals surface area (Å²) in [5, 5.41) is 9.37. The standard InChI is InChI=1S/C20H19N3O3/c1-13(2)19(24)21-15-8-10-16(11-9-15)22-20(25)17-12-18(26-23-17)14-6-4-3-5-7-14/h3-13H,1-2H3,(H,21,24)(H,22,25). The maximum Gasteiger partial charge on any atom is 0.277 e. The van der Waals surface area contributed by atoms with Crippen LogP contribution in [-0.4, -0.2) is 17.0 Å². The molecule has 0 saturated carbocycles. The first kappa shape index (κ1) is 17.4. The van der Waals surface area contributed by atoms with Crippen molar-refractivity contribution in [1.29, 1.82) is 0 Å². The topological polar surface area (TPSA) is 84.2 Å². The molecule has 0 aliphatic heterocycles. The van der Waals surface area contributed by atoms with Crippen LogP contribution in [-0.2, 0) is 4.79 Å². The molecule has 132 valence electrons. The molecule has 2 N–H and O–H groups in total. The van der Waals surface area contributed by atoms with Gasteiger partial charge in [-0.1, -0.05) is 49.3 Å². The van der Waals surface area contributed by atoms with E-state index in [1.165, 1.54) is 0 Å². The number of hydrogen-bond donors (Lipinski definition) is 2. The molecule has 0 atom stereocenters. The van der Waals surface area contributed by atoms with E-state index in [0.717, 1.165) is 5.56 Å². The minimum Gasteiger partial charge on any atom is -0.355 e. The van der Waals surface area contributed by atoms with Crippen molar-refractivity contribution < 1.29 is 14.1 Å². The number of benzene rings is 2. The number of amides is 2. The van der Waals surface area contributed by atoms with E-state index in [2.05, 4.69) is 15.8 Å². The Bertz CT molecular complexity index is 900. The van der Waals surface area contributed by atoms with Crippen molar-refractivity contribution in [3.63, 3.8) is 0 Å². The van der Waals surface area contributed by atoms with Gasteiger partial charge in [-0.25, -0.2) is 0 Å². The highest BCUT2D eigenvalue weighted by atomic mass is 16.5. The van der Waals surface area contributed by atoms with Gasteiger partial charge in [-0.3, -0.25) is 9.59 Å². The van der Waals surface area contributed by atoms with Crippen LogP contribution >= 0.6 is 0 Å². The lowest BCUT2D eigenvalue weighted by Gasteiger charge is -2.08. The van der Waals surface area contributed by atoms with Crippen molar-refractivity contribution >= 4 is 23.2 Å². The van der Waals surface area contributed by atoms with Gasteiger partial charge in [-0.05, 0) is 24.3 Å². The predicted molar refractivity (Wildman–Crippen MR) is 99.8 cm³/mol. The third-order valence-corrected chi connectivity index (χ3v) is 3.74.